The van der Waals surface area contributed by atoms with Crippen molar-refractivity contribution in [1.29, 1.82) is 0 Å². The summed E-state index contributed by atoms with van der Waals surface area (Å²) in [5.41, 5.74) is 0. The number of nitrogens with zero attached hydrogens (tertiary/aromatic N) is 1. The lowest BCUT2D eigenvalue weighted by molar-refractivity contribution is -0.121. The van der Waals surface area contributed by atoms with Gasteiger partial charge in [-0.05, 0) is 25.7 Å². The Morgan fingerprint density at radius 2 is 1.88 bits per heavy atom. The van der Waals surface area contributed by atoms with Crippen molar-refractivity contribution >= 4 is 5.91 Å². The molecule has 98 valence electrons. The highest BCUT2D eigenvalue weighted by atomic mass is 16.5. The van der Waals surface area contributed by atoms with Gasteiger partial charge in [-0.15, -0.1) is 0 Å². The number of amides is 1. The largest absolute Gasteiger partial charge is 0.379 e. The molecule has 0 aromatic heterocycles. The van der Waals surface area contributed by atoms with Gasteiger partial charge in [-0.25, -0.2) is 0 Å². The first-order valence-electron chi connectivity index (χ1n) is 6.90. The smallest absolute Gasteiger partial charge is 0.219 e. The molecule has 4 nitrogen and oxygen atoms in total. The van der Waals surface area contributed by atoms with Crippen LogP contribution in [0.3, 0.4) is 0 Å². The van der Waals surface area contributed by atoms with Crippen LogP contribution in [0.15, 0.2) is 0 Å². The summed E-state index contributed by atoms with van der Waals surface area (Å²) in [5, 5.41) is 3.11. The second kappa shape index (κ2) is 6.36. The van der Waals surface area contributed by atoms with Crippen LogP contribution in [0.5, 0.6) is 0 Å². The maximum absolute atomic E-state index is 11.3. The average Bonchev–Trinajstić information content (AvgIpc) is 2.40. The van der Waals surface area contributed by atoms with Crippen LogP contribution >= 0.6 is 0 Å². The van der Waals surface area contributed by atoms with Gasteiger partial charge in [-0.3, -0.25) is 9.69 Å². The number of hydrogen-bond donors (Lipinski definition) is 1. The van der Waals surface area contributed by atoms with Gasteiger partial charge in [-0.1, -0.05) is 6.92 Å². The molecule has 1 saturated carbocycles. The monoisotopic (exact) mass is 240 g/mol. The Balaban J connectivity index is 1.71. The van der Waals surface area contributed by atoms with E-state index >= 15 is 0 Å². The zero-order valence-electron chi connectivity index (χ0n) is 10.8. The van der Waals surface area contributed by atoms with E-state index in [0.29, 0.717) is 18.5 Å². The number of carbonyl (C=O) groups is 1. The fraction of sp³-hybridized carbons (Fsp3) is 0.923. The molecule has 0 spiro atoms. The molecule has 1 aliphatic heterocycles. The molecule has 0 radical (unpaired) electrons. The third-order valence-electron chi connectivity index (χ3n) is 3.95. The highest BCUT2D eigenvalue weighted by Crippen LogP contribution is 2.23. The van der Waals surface area contributed by atoms with Crippen molar-refractivity contribution < 1.29 is 9.53 Å². The van der Waals surface area contributed by atoms with Crippen LogP contribution in [0.25, 0.3) is 0 Å². The molecular weight excluding hydrogens is 216 g/mol. The maximum atomic E-state index is 11.3. The SMILES string of the molecule is CCC(=O)NC1CCC(N2CCOCC2)CC1. The number of morpholine rings is 1. The van der Waals surface area contributed by atoms with Gasteiger partial charge >= 0.3 is 0 Å². The fourth-order valence-corrected chi connectivity index (χ4v) is 2.86. The van der Waals surface area contributed by atoms with Crippen LogP contribution < -0.4 is 5.32 Å². The molecule has 0 bridgehead atoms. The number of nitrogens with one attached hydrogen (secondary N) is 1. The van der Waals surface area contributed by atoms with Gasteiger partial charge in [-0.2, -0.15) is 0 Å². The van der Waals surface area contributed by atoms with Crippen molar-refractivity contribution in [2.24, 2.45) is 0 Å². The second-order valence-corrected chi connectivity index (χ2v) is 5.07. The third-order valence-corrected chi connectivity index (χ3v) is 3.95. The van der Waals surface area contributed by atoms with Gasteiger partial charge in [0.2, 0.25) is 5.91 Å². The van der Waals surface area contributed by atoms with Gasteiger partial charge in [0, 0.05) is 31.6 Å². The summed E-state index contributed by atoms with van der Waals surface area (Å²) in [6, 6.07) is 1.13. The highest BCUT2D eigenvalue weighted by Gasteiger charge is 2.27. The molecule has 17 heavy (non-hydrogen) atoms. The zero-order valence-corrected chi connectivity index (χ0v) is 10.8. The highest BCUT2D eigenvalue weighted by molar-refractivity contribution is 5.75. The van der Waals surface area contributed by atoms with Crippen LogP contribution in [0, 0.1) is 0 Å². The summed E-state index contributed by atoms with van der Waals surface area (Å²) in [6.07, 6.45) is 5.30. The summed E-state index contributed by atoms with van der Waals surface area (Å²) in [7, 11) is 0. The first-order chi connectivity index (χ1) is 8.29. The molecule has 0 atom stereocenters. The number of carbonyl (C=O) groups excluding carboxylic acids is 1. The molecule has 4 heteroatoms. The quantitative estimate of drug-likeness (QED) is 0.805. The van der Waals surface area contributed by atoms with Crippen LogP contribution in [-0.4, -0.2) is 49.2 Å². The Morgan fingerprint density at radius 1 is 1.24 bits per heavy atom. The lowest BCUT2D eigenvalue weighted by Gasteiger charge is -2.38. The summed E-state index contributed by atoms with van der Waals surface area (Å²) >= 11 is 0. The molecule has 2 aliphatic rings. The average molecular weight is 240 g/mol. The standard InChI is InChI=1S/C13H24N2O2/c1-2-13(16)14-11-3-5-12(6-4-11)15-7-9-17-10-8-15/h11-12H,2-10H2,1H3,(H,14,16). The van der Waals surface area contributed by atoms with Gasteiger partial charge in [0.25, 0.3) is 0 Å². The van der Waals surface area contributed by atoms with E-state index in [9.17, 15) is 4.79 Å². The number of ether oxygens (including phenoxy) is 1. The number of hydrogen-bond acceptors (Lipinski definition) is 3. The predicted octanol–water partition coefficient (Wildman–Crippen LogP) is 1.16. The van der Waals surface area contributed by atoms with E-state index in [1.807, 2.05) is 6.92 Å². The lowest BCUT2D eigenvalue weighted by atomic mass is 9.90. The van der Waals surface area contributed by atoms with Crippen molar-refractivity contribution in [2.75, 3.05) is 26.3 Å². The van der Waals surface area contributed by atoms with Crippen molar-refractivity contribution in [2.45, 2.75) is 51.1 Å². The molecule has 0 aromatic carbocycles. The summed E-state index contributed by atoms with van der Waals surface area (Å²) in [5.74, 6) is 0.194. The lowest BCUT2D eigenvalue weighted by Crippen LogP contribution is -2.47. The van der Waals surface area contributed by atoms with Gasteiger partial charge in [0.05, 0.1) is 13.2 Å². The molecule has 0 unspecified atom stereocenters. The summed E-state index contributed by atoms with van der Waals surface area (Å²) in [4.78, 5) is 13.9. The van der Waals surface area contributed by atoms with E-state index in [-0.39, 0.29) is 5.91 Å². The van der Waals surface area contributed by atoms with E-state index in [2.05, 4.69) is 10.2 Å². The minimum Gasteiger partial charge on any atom is -0.379 e. The van der Waals surface area contributed by atoms with Crippen LogP contribution in [0.4, 0.5) is 0 Å². The summed E-state index contributed by atoms with van der Waals surface area (Å²) < 4.78 is 5.38. The normalized spacial score (nSPS) is 31.1. The van der Waals surface area contributed by atoms with Crippen molar-refractivity contribution in [3.63, 3.8) is 0 Å². The summed E-state index contributed by atoms with van der Waals surface area (Å²) in [6.45, 7) is 5.83. The van der Waals surface area contributed by atoms with E-state index in [0.717, 1.165) is 39.1 Å². The second-order valence-electron chi connectivity index (χ2n) is 5.07. The Labute approximate surface area is 104 Å². The topological polar surface area (TPSA) is 41.6 Å². The molecule has 1 aliphatic carbocycles. The van der Waals surface area contributed by atoms with Crippen LogP contribution in [0.1, 0.15) is 39.0 Å². The third kappa shape index (κ3) is 3.68. The Morgan fingerprint density at radius 3 is 2.47 bits per heavy atom. The van der Waals surface area contributed by atoms with Gasteiger partial charge in [0.15, 0.2) is 0 Å². The predicted molar refractivity (Wildman–Crippen MR) is 66.9 cm³/mol. The molecule has 2 rings (SSSR count). The van der Waals surface area contributed by atoms with Gasteiger partial charge in [0.1, 0.15) is 0 Å². The molecule has 1 amide bonds. The maximum Gasteiger partial charge on any atom is 0.219 e. The molecule has 1 saturated heterocycles. The van der Waals surface area contributed by atoms with Crippen molar-refractivity contribution in [3.05, 3.63) is 0 Å². The fourth-order valence-electron chi connectivity index (χ4n) is 2.86. The Bertz CT molecular complexity index is 244. The van der Waals surface area contributed by atoms with Crippen molar-refractivity contribution in [3.8, 4) is 0 Å². The van der Waals surface area contributed by atoms with Gasteiger partial charge < -0.3 is 10.1 Å². The molecule has 2 fully saturated rings. The molecule has 1 N–H and O–H groups in total. The first-order valence-corrected chi connectivity index (χ1v) is 6.90. The Kier molecular flexibility index (Phi) is 4.80. The van der Waals surface area contributed by atoms with E-state index in [1.165, 1.54) is 12.8 Å². The number of rotatable bonds is 3. The zero-order chi connectivity index (χ0) is 12.1. The molecule has 1 heterocycles. The first kappa shape index (κ1) is 12.8. The van der Waals surface area contributed by atoms with Crippen LogP contribution in [0.2, 0.25) is 0 Å². The molecule has 0 aromatic rings. The minimum atomic E-state index is 0.194. The van der Waals surface area contributed by atoms with Crippen molar-refractivity contribution in [1.82, 2.24) is 10.2 Å². The Hall–Kier alpha value is -0.610. The molecular formula is C13H24N2O2. The van der Waals surface area contributed by atoms with E-state index in [1.54, 1.807) is 0 Å². The van der Waals surface area contributed by atoms with Crippen LogP contribution in [-0.2, 0) is 9.53 Å². The van der Waals surface area contributed by atoms with E-state index in [4.69, 9.17) is 4.74 Å². The minimum absolute atomic E-state index is 0.194. The van der Waals surface area contributed by atoms with E-state index < -0.39 is 0 Å².